The lowest BCUT2D eigenvalue weighted by Gasteiger charge is -2.13. The van der Waals surface area contributed by atoms with Gasteiger partial charge in [0, 0.05) is 6.20 Å². The van der Waals surface area contributed by atoms with E-state index in [9.17, 15) is 9.59 Å². The van der Waals surface area contributed by atoms with Crippen LogP contribution in [-0.4, -0.2) is 21.6 Å². The highest BCUT2D eigenvalue weighted by atomic mass is 35.5. The Bertz CT molecular complexity index is 987. The lowest BCUT2D eigenvalue weighted by atomic mass is 10.2. The summed E-state index contributed by atoms with van der Waals surface area (Å²) < 4.78 is 1.41. The van der Waals surface area contributed by atoms with Crippen LogP contribution in [0.25, 0.3) is 0 Å². The second-order valence-electron chi connectivity index (χ2n) is 5.76. The second kappa shape index (κ2) is 8.24. The molecule has 0 radical (unpaired) electrons. The molecule has 0 fully saturated rings. The number of benzene rings is 2. The van der Waals surface area contributed by atoms with Crippen molar-refractivity contribution >= 4 is 46.4 Å². The monoisotopic (exact) mass is 402 g/mol. The Balaban J connectivity index is 1.69. The number of halogens is 2. The largest absolute Gasteiger partial charge is 0.323 e. The van der Waals surface area contributed by atoms with Gasteiger partial charge in [0.15, 0.2) is 5.69 Å². The van der Waals surface area contributed by atoms with E-state index in [0.29, 0.717) is 21.4 Å². The van der Waals surface area contributed by atoms with Gasteiger partial charge in [-0.05, 0) is 37.3 Å². The molecule has 27 heavy (non-hydrogen) atoms. The fourth-order valence-corrected chi connectivity index (χ4v) is 2.71. The molecule has 138 valence electrons. The number of aromatic nitrogens is 2. The summed E-state index contributed by atoms with van der Waals surface area (Å²) in [6.07, 6.45) is 1.57. The zero-order chi connectivity index (χ0) is 19.4. The Kier molecular flexibility index (Phi) is 5.78. The molecule has 0 aliphatic carbocycles. The molecular weight excluding hydrogens is 387 g/mol. The van der Waals surface area contributed by atoms with Crippen molar-refractivity contribution in [2.75, 3.05) is 10.6 Å². The van der Waals surface area contributed by atoms with Crippen molar-refractivity contribution in [2.45, 2.75) is 13.0 Å². The third-order valence-corrected chi connectivity index (χ3v) is 4.53. The Labute approximate surface area is 166 Å². The molecule has 2 aromatic carbocycles. The minimum absolute atomic E-state index is 0.173. The topological polar surface area (TPSA) is 76.0 Å². The molecular formula is C19H16Cl2N4O2. The smallest absolute Gasteiger partial charge is 0.276 e. The normalized spacial score (nSPS) is 11.7. The van der Waals surface area contributed by atoms with Crippen molar-refractivity contribution in [3.63, 3.8) is 0 Å². The molecule has 3 rings (SSSR count). The number of nitrogens with one attached hydrogen (secondary N) is 2. The van der Waals surface area contributed by atoms with Crippen LogP contribution in [-0.2, 0) is 4.79 Å². The van der Waals surface area contributed by atoms with E-state index in [1.165, 1.54) is 10.7 Å². The lowest BCUT2D eigenvalue weighted by molar-refractivity contribution is -0.119. The first-order valence-corrected chi connectivity index (χ1v) is 8.87. The molecule has 1 atom stereocenters. The van der Waals surface area contributed by atoms with E-state index in [1.54, 1.807) is 61.7 Å². The van der Waals surface area contributed by atoms with E-state index in [0.717, 1.165) is 0 Å². The molecule has 3 aromatic rings. The summed E-state index contributed by atoms with van der Waals surface area (Å²) in [7, 11) is 0. The third-order valence-electron chi connectivity index (χ3n) is 3.87. The van der Waals surface area contributed by atoms with Crippen molar-refractivity contribution < 1.29 is 9.59 Å². The number of hydrogen-bond donors (Lipinski definition) is 2. The first kappa shape index (κ1) is 18.9. The first-order chi connectivity index (χ1) is 13.0. The summed E-state index contributed by atoms with van der Waals surface area (Å²) in [6, 6.07) is 14.7. The molecule has 2 amide bonds. The number of anilines is 2. The SMILES string of the molecule is C[C@@H](C(=O)Nc1ccccc1Cl)n1ccc(C(=O)Nc2ccccc2Cl)n1. The summed E-state index contributed by atoms with van der Waals surface area (Å²) >= 11 is 12.1. The average Bonchev–Trinajstić information content (AvgIpc) is 3.15. The second-order valence-corrected chi connectivity index (χ2v) is 6.57. The highest BCUT2D eigenvalue weighted by Crippen LogP contribution is 2.22. The molecule has 6 nitrogen and oxygen atoms in total. The number of nitrogens with zero attached hydrogens (tertiary/aromatic N) is 2. The Morgan fingerprint density at radius 1 is 0.926 bits per heavy atom. The van der Waals surface area contributed by atoms with Crippen molar-refractivity contribution in [1.29, 1.82) is 0 Å². The minimum Gasteiger partial charge on any atom is -0.323 e. The van der Waals surface area contributed by atoms with E-state index < -0.39 is 11.9 Å². The van der Waals surface area contributed by atoms with Crippen LogP contribution < -0.4 is 10.6 Å². The van der Waals surface area contributed by atoms with Crippen LogP contribution in [0.4, 0.5) is 11.4 Å². The fourth-order valence-electron chi connectivity index (χ4n) is 2.34. The molecule has 0 bridgehead atoms. The van der Waals surface area contributed by atoms with Crippen molar-refractivity contribution in [3.05, 3.63) is 76.5 Å². The minimum atomic E-state index is -0.636. The van der Waals surface area contributed by atoms with Gasteiger partial charge in [-0.3, -0.25) is 14.3 Å². The fraction of sp³-hybridized carbons (Fsp3) is 0.105. The summed E-state index contributed by atoms with van der Waals surface area (Å²) in [5.41, 5.74) is 1.18. The van der Waals surface area contributed by atoms with Gasteiger partial charge < -0.3 is 10.6 Å². The van der Waals surface area contributed by atoms with Crippen LogP contribution in [0, 0.1) is 0 Å². The molecule has 0 spiro atoms. The maximum Gasteiger partial charge on any atom is 0.276 e. The van der Waals surface area contributed by atoms with Crippen LogP contribution in [0.1, 0.15) is 23.5 Å². The Morgan fingerprint density at radius 3 is 2.07 bits per heavy atom. The summed E-state index contributed by atoms with van der Waals surface area (Å²) in [6.45, 7) is 1.68. The van der Waals surface area contributed by atoms with E-state index in [1.807, 2.05) is 0 Å². The van der Waals surface area contributed by atoms with Crippen molar-refractivity contribution in [3.8, 4) is 0 Å². The molecule has 1 heterocycles. The van der Waals surface area contributed by atoms with Gasteiger partial charge in [0.25, 0.3) is 5.91 Å². The zero-order valence-corrected chi connectivity index (χ0v) is 15.8. The molecule has 2 N–H and O–H groups in total. The Hall–Kier alpha value is -2.83. The molecule has 8 heteroatoms. The van der Waals surface area contributed by atoms with Gasteiger partial charge in [0.2, 0.25) is 5.91 Å². The molecule has 0 saturated carbocycles. The van der Waals surface area contributed by atoms with Gasteiger partial charge in [0.1, 0.15) is 6.04 Å². The number of para-hydroxylation sites is 2. The number of hydrogen-bond acceptors (Lipinski definition) is 3. The van der Waals surface area contributed by atoms with Gasteiger partial charge in [-0.2, -0.15) is 5.10 Å². The standard InChI is InChI=1S/C19H16Cl2N4O2/c1-12(18(26)22-15-8-4-2-6-13(15)20)25-11-10-17(24-25)19(27)23-16-9-5-3-7-14(16)21/h2-12H,1H3,(H,22,26)(H,23,27)/t12-/m0/s1. The van der Waals surface area contributed by atoms with E-state index in [4.69, 9.17) is 23.2 Å². The van der Waals surface area contributed by atoms with Crippen LogP contribution in [0.15, 0.2) is 60.8 Å². The molecule has 0 aliphatic heterocycles. The molecule has 0 unspecified atom stereocenters. The molecule has 1 aromatic heterocycles. The van der Waals surface area contributed by atoms with Gasteiger partial charge in [-0.25, -0.2) is 0 Å². The van der Waals surface area contributed by atoms with Crippen molar-refractivity contribution in [1.82, 2.24) is 9.78 Å². The van der Waals surface area contributed by atoms with Gasteiger partial charge in [-0.1, -0.05) is 47.5 Å². The predicted molar refractivity (Wildman–Crippen MR) is 106 cm³/mol. The maximum atomic E-state index is 12.4. The quantitative estimate of drug-likeness (QED) is 0.652. The number of carbonyl (C=O) groups excluding carboxylic acids is 2. The molecule has 0 saturated heterocycles. The highest BCUT2D eigenvalue weighted by molar-refractivity contribution is 6.34. The van der Waals surface area contributed by atoms with Gasteiger partial charge in [0.05, 0.1) is 21.4 Å². The summed E-state index contributed by atoms with van der Waals surface area (Å²) in [5, 5.41) is 10.5. The van der Waals surface area contributed by atoms with E-state index >= 15 is 0 Å². The first-order valence-electron chi connectivity index (χ1n) is 8.12. The lowest BCUT2D eigenvalue weighted by Crippen LogP contribution is -2.24. The van der Waals surface area contributed by atoms with Gasteiger partial charge in [-0.15, -0.1) is 0 Å². The highest BCUT2D eigenvalue weighted by Gasteiger charge is 2.19. The predicted octanol–water partition coefficient (Wildman–Crippen LogP) is 4.64. The van der Waals surface area contributed by atoms with Crippen LogP contribution in [0.3, 0.4) is 0 Å². The van der Waals surface area contributed by atoms with Crippen LogP contribution in [0.2, 0.25) is 10.0 Å². The maximum absolute atomic E-state index is 12.4. The summed E-state index contributed by atoms with van der Waals surface area (Å²) in [4.78, 5) is 24.8. The van der Waals surface area contributed by atoms with E-state index in [-0.39, 0.29) is 11.6 Å². The number of rotatable bonds is 5. The van der Waals surface area contributed by atoms with Crippen LogP contribution >= 0.6 is 23.2 Å². The average molecular weight is 403 g/mol. The number of amides is 2. The third kappa shape index (κ3) is 4.48. The molecule has 0 aliphatic rings. The zero-order valence-electron chi connectivity index (χ0n) is 14.3. The van der Waals surface area contributed by atoms with Crippen LogP contribution in [0.5, 0.6) is 0 Å². The summed E-state index contributed by atoms with van der Waals surface area (Å²) in [5.74, 6) is -0.718. The van der Waals surface area contributed by atoms with E-state index in [2.05, 4.69) is 15.7 Å². The number of carbonyl (C=O) groups is 2. The Morgan fingerprint density at radius 2 is 1.48 bits per heavy atom. The van der Waals surface area contributed by atoms with Crippen molar-refractivity contribution in [2.24, 2.45) is 0 Å². The van der Waals surface area contributed by atoms with Gasteiger partial charge >= 0.3 is 0 Å².